The first-order chi connectivity index (χ1) is 13.3. The molecule has 4 rings (SSSR count). The van der Waals surface area contributed by atoms with Crippen LogP contribution >= 0.6 is 0 Å². The van der Waals surface area contributed by atoms with E-state index in [-0.39, 0.29) is 12.1 Å². The molecule has 1 unspecified atom stereocenters. The van der Waals surface area contributed by atoms with Crippen molar-refractivity contribution in [1.82, 2.24) is 19.4 Å². The van der Waals surface area contributed by atoms with E-state index < -0.39 is 22.2 Å². The maximum atomic E-state index is 11.7. The third-order valence-electron chi connectivity index (χ3n) is 4.66. The van der Waals surface area contributed by atoms with Crippen LogP contribution in [0.3, 0.4) is 0 Å². The highest BCUT2D eigenvalue weighted by atomic mass is 32.2. The summed E-state index contributed by atoms with van der Waals surface area (Å²) in [5, 5.41) is 8.96. The number of aryl methyl sites for hydroxylation is 1. The first-order valence-corrected chi connectivity index (χ1v) is 10.7. The smallest absolute Gasteiger partial charge is 0.353 e. The Balaban J connectivity index is 1.57. The highest BCUT2D eigenvalue weighted by Crippen LogP contribution is 2.40. The molecule has 3 heterocycles. The number of carbonyl (C=O) groups is 1. The van der Waals surface area contributed by atoms with Crippen molar-refractivity contribution < 1.29 is 22.5 Å². The summed E-state index contributed by atoms with van der Waals surface area (Å²) in [5.74, 6) is -0.0607. The molecule has 1 aliphatic rings. The molecule has 0 saturated heterocycles. The minimum atomic E-state index is -3.71. The van der Waals surface area contributed by atoms with E-state index in [1.54, 1.807) is 6.20 Å². The number of pyridine rings is 1. The number of H-pyrrole nitrogens is 1. The summed E-state index contributed by atoms with van der Waals surface area (Å²) in [6, 6.07) is 3.97. The topological polar surface area (TPSA) is 127 Å². The Bertz CT molecular complexity index is 1130. The molecule has 2 N–H and O–H groups in total. The van der Waals surface area contributed by atoms with Gasteiger partial charge in [-0.15, -0.1) is 0 Å². The first kappa shape index (κ1) is 18.6. The Morgan fingerprint density at radius 3 is 2.82 bits per heavy atom. The van der Waals surface area contributed by atoms with Crippen LogP contribution in [0.2, 0.25) is 0 Å². The van der Waals surface area contributed by atoms with Crippen LogP contribution in [0.1, 0.15) is 58.9 Å². The monoisotopic (exact) mass is 404 g/mol. The molecular weight excluding hydrogens is 384 g/mol. The number of imidazole rings is 2. The number of aromatic nitrogens is 4. The molecular formula is C18H20N4O5S. The lowest BCUT2D eigenvalue weighted by Crippen LogP contribution is -2.12. The van der Waals surface area contributed by atoms with E-state index in [4.69, 9.17) is 9.29 Å². The van der Waals surface area contributed by atoms with Crippen LogP contribution in [0.5, 0.6) is 0 Å². The molecule has 1 fully saturated rings. The molecule has 3 aromatic rings. The van der Waals surface area contributed by atoms with Crippen LogP contribution in [0, 0.1) is 0 Å². The van der Waals surface area contributed by atoms with Gasteiger partial charge in [-0.25, -0.2) is 14.8 Å². The van der Waals surface area contributed by atoms with E-state index in [0.29, 0.717) is 29.5 Å². The van der Waals surface area contributed by atoms with Crippen LogP contribution in [0.25, 0.3) is 5.65 Å². The van der Waals surface area contributed by atoms with E-state index in [2.05, 4.69) is 15.0 Å². The van der Waals surface area contributed by atoms with E-state index in [0.717, 1.165) is 6.26 Å². The Morgan fingerprint density at radius 2 is 2.18 bits per heavy atom. The molecule has 1 atom stereocenters. The molecule has 10 heteroatoms. The molecule has 1 saturated carbocycles. The number of nitrogens with one attached hydrogen (secondary N) is 1. The van der Waals surface area contributed by atoms with E-state index in [1.807, 2.05) is 22.7 Å². The van der Waals surface area contributed by atoms with Crippen molar-refractivity contribution in [2.24, 2.45) is 0 Å². The number of carboxylic acids is 1. The fourth-order valence-corrected chi connectivity index (χ4v) is 3.78. The summed E-state index contributed by atoms with van der Waals surface area (Å²) in [7, 11) is -3.71. The lowest BCUT2D eigenvalue weighted by atomic mass is 10.1. The van der Waals surface area contributed by atoms with Crippen molar-refractivity contribution in [2.75, 3.05) is 6.26 Å². The fraction of sp³-hybridized carbons (Fsp3) is 0.389. The molecule has 0 bridgehead atoms. The molecule has 0 aliphatic heterocycles. The first-order valence-electron chi connectivity index (χ1n) is 8.92. The standard InChI is InChI=1S/C18H20N4O5S/c1-28(25,26)27-15(5-6-16-19-8-13(20-16)18(23)24)14-10-22-9-12(11-2-3-11)4-7-17(22)21-14/h4,7-11,15H,2-3,5-6H2,1H3,(H,19,20)(H,23,24). The predicted octanol–water partition coefficient (Wildman–Crippen LogP) is 2.28. The van der Waals surface area contributed by atoms with Crippen molar-refractivity contribution in [3.63, 3.8) is 0 Å². The Labute approximate surface area is 161 Å². The Kier molecular flexibility index (Phi) is 4.68. The van der Waals surface area contributed by atoms with E-state index >= 15 is 0 Å². The number of aromatic amines is 1. The summed E-state index contributed by atoms with van der Waals surface area (Å²) in [6.45, 7) is 0. The summed E-state index contributed by atoms with van der Waals surface area (Å²) in [5.41, 5.74) is 2.45. The van der Waals surface area contributed by atoms with Gasteiger partial charge in [0.15, 0.2) is 0 Å². The molecule has 0 spiro atoms. The molecule has 9 nitrogen and oxygen atoms in total. The summed E-state index contributed by atoms with van der Waals surface area (Å²) < 4.78 is 30.6. The zero-order chi connectivity index (χ0) is 19.9. The highest BCUT2D eigenvalue weighted by molar-refractivity contribution is 7.86. The van der Waals surface area contributed by atoms with Gasteiger partial charge in [-0.05, 0) is 36.8 Å². The molecule has 28 heavy (non-hydrogen) atoms. The minimum Gasteiger partial charge on any atom is -0.477 e. The molecule has 0 amide bonds. The van der Waals surface area contributed by atoms with Gasteiger partial charge in [0.05, 0.1) is 18.1 Å². The number of nitrogens with zero attached hydrogens (tertiary/aromatic N) is 3. The van der Waals surface area contributed by atoms with Crippen LogP contribution in [-0.4, -0.2) is 45.1 Å². The normalized spacial score (nSPS) is 15.8. The molecule has 0 aromatic carbocycles. The van der Waals surface area contributed by atoms with E-state index in [9.17, 15) is 13.2 Å². The molecule has 3 aromatic heterocycles. The van der Waals surface area contributed by atoms with Crippen molar-refractivity contribution >= 4 is 21.7 Å². The molecule has 0 radical (unpaired) electrons. The number of rotatable bonds is 8. The highest BCUT2D eigenvalue weighted by Gasteiger charge is 2.25. The van der Waals surface area contributed by atoms with Crippen molar-refractivity contribution in [2.45, 2.75) is 37.7 Å². The van der Waals surface area contributed by atoms with Gasteiger partial charge in [-0.1, -0.05) is 6.07 Å². The molecule has 148 valence electrons. The number of hydrogen-bond donors (Lipinski definition) is 2. The number of fused-ring (bicyclic) bond motifs is 1. The second-order valence-electron chi connectivity index (χ2n) is 7.04. The van der Waals surface area contributed by atoms with Gasteiger partial charge in [0.1, 0.15) is 23.3 Å². The summed E-state index contributed by atoms with van der Waals surface area (Å²) in [4.78, 5) is 22.2. The Hall–Kier alpha value is -2.72. The van der Waals surface area contributed by atoms with Crippen LogP contribution < -0.4 is 0 Å². The lowest BCUT2D eigenvalue weighted by Gasteiger charge is -2.13. The third-order valence-corrected chi connectivity index (χ3v) is 5.25. The zero-order valence-corrected chi connectivity index (χ0v) is 16.0. The van der Waals surface area contributed by atoms with Crippen molar-refractivity contribution in [1.29, 1.82) is 0 Å². The van der Waals surface area contributed by atoms with Gasteiger partial charge in [0.25, 0.3) is 10.1 Å². The van der Waals surface area contributed by atoms with Crippen molar-refractivity contribution in [3.8, 4) is 0 Å². The van der Waals surface area contributed by atoms with Crippen LogP contribution in [-0.2, 0) is 20.7 Å². The quantitative estimate of drug-likeness (QED) is 0.551. The average Bonchev–Trinajstić information content (AvgIpc) is 3.20. The maximum absolute atomic E-state index is 11.7. The summed E-state index contributed by atoms with van der Waals surface area (Å²) in [6.07, 6.45) is 8.20. The second-order valence-corrected chi connectivity index (χ2v) is 8.65. The lowest BCUT2D eigenvalue weighted by molar-refractivity contribution is 0.0691. The fourth-order valence-electron chi connectivity index (χ4n) is 3.16. The largest absolute Gasteiger partial charge is 0.477 e. The predicted molar refractivity (Wildman–Crippen MR) is 99.7 cm³/mol. The number of hydrogen-bond acceptors (Lipinski definition) is 6. The zero-order valence-electron chi connectivity index (χ0n) is 15.2. The van der Waals surface area contributed by atoms with E-state index in [1.165, 1.54) is 24.6 Å². The average molecular weight is 404 g/mol. The number of carboxylic acid groups (broad SMARTS) is 1. The maximum Gasteiger partial charge on any atom is 0.353 e. The number of aromatic carboxylic acids is 1. The summed E-state index contributed by atoms with van der Waals surface area (Å²) >= 11 is 0. The van der Waals surface area contributed by atoms with Gasteiger partial charge in [0.2, 0.25) is 0 Å². The second kappa shape index (κ2) is 7.02. The van der Waals surface area contributed by atoms with Gasteiger partial charge < -0.3 is 14.5 Å². The molecule has 1 aliphatic carbocycles. The Morgan fingerprint density at radius 1 is 1.39 bits per heavy atom. The third kappa shape index (κ3) is 4.23. The SMILES string of the molecule is CS(=O)(=O)OC(CCc1ncc(C(=O)O)[nH]1)c1cn2cc(C3CC3)ccc2n1. The van der Waals surface area contributed by atoms with Gasteiger partial charge >= 0.3 is 5.97 Å². The minimum absolute atomic E-state index is 0.0177. The van der Waals surface area contributed by atoms with Gasteiger partial charge in [-0.3, -0.25) is 4.18 Å². The van der Waals surface area contributed by atoms with Crippen LogP contribution in [0.4, 0.5) is 0 Å². The van der Waals surface area contributed by atoms with Crippen molar-refractivity contribution in [3.05, 3.63) is 53.5 Å². The van der Waals surface area contributed by atoms with Gasteiger partial charge in [0, 0.05) is 18.8 Å². The van der Waals surface area contributed by atoms with Gasteiger partial charge in [-0.2, -0.15) is 8.42 Å². The van der Waals surface area contributed by atoms with Crippen LogP contribution in [0.15, 0.2) is 30.7 Å².